The maximum atomic E-state index is 10.8. The molecule has 1 aliphatic heterocycles. The van der Waals surface area contributed by atoms with Crippen LogP contribution in [0.5, 0.6) is 0 Å². The van der Waals surface area contributed by atoms with Crippen LogP contribution in [0.4, 0.5) is 0 Å². The Morgan fingerprint density at radius 3 is 2.25 bits per heavy atom. The average molecular weight is 236 g/mol. The Balaban J connectivity index is 2.84. The highest BCUT2D eigenvalue weighted by Gasteiger charge is 2.48. The van der Waals surface area contributed by atoms with E-state index in [1.165, 1.54) is 0 Å². The van der Waals surface area contributed by atoms with Crippen LogP contribution in [-0.2, 0) is 14.3 Å². The molecule has 0 aromatic heterocycles. The standard InChI is InChI=1S/C9H16O7/c1-3(2)15-6-4(10)5(11)9(14)16-7(6)8(12)13/h3-7,9-11,14H,1-2H3,(H,12,13)/t4-,5?,6+,7?,9?/m1/s1. The second-order valence-electron chi connectivity index (χ2n) is 3.92. The third-order valence-electron chi connectivity index (χ3n) is 2.24. The van der Waals surface area contributed by atoms with Crippen LogP contribution < -0.4 is 0 Å². The Kier molecular flexibility index (Phi) is 4.22. The van der Waals surface area contributed by atoms with Crippen LogP contribution in [0.25, 0.3) is 0 Å². The van der Waals surface area contributed by atoms with Crippen LogP contribution in [0.1, 0.15) is 13.8 Å². The molecular formula is C9H16O7. The zero-order valence-corrected chi connectivity index (χ0v) is 8.98. The number of carboxylic acid groups (broad SMARTS) is 1. The summed E-state index contributed by atoms with van der Waals surface area (Å²) in [6.07, 6.45) is -7.88. The van der Waals surface area contributed by atoms with Crippen molar-refractivity contribution in [2.75, 3.05) is 0 Å². The maximum Gasteiger partial charge on any atom is 0.335 e. The van der Waals surface area contributed by atoms with E-state index in [1.54, 1.807) is 13.8 Å². The zero-order chi connectivity index (χ0) is 12.5. The van der Waals surface area contributed by atoms with E-state index >= 15 is 0 Å². The van der Waals surface area contributed by atoms with Gasteiger partial charge in [-0.15, -0.1) is 0 Å². The summed E-state index contributed by atoms with van der Waals surface area (Å²) in [5, 5.41) is 36.9. The van der Waals surface area contributed by atoms with Crippen molar-refractivity contribution in [1.29, 1.82) is 0 Å². The van der Waals surface area contributed by atoms with Crippen LogP contribution in [0.3, 0.4) is 0 Å². The van der Waals surface area contributed by atoms with Gasteiger partial charge in [-0.3, -0.25) is 0 Å². The minimum atomic E-state index is -1.73. The van der Waals surface area contributed by atoms with E-state index in [4.69, 9.17) is 14.9 Å². The first kappa shape index (κ1) is 13.3. The molecule has 0 saturated carbocycles. The number of rotatable bonds is 3. The number of hydrogen-bond donors (Lipinski definition) is 4. The summed E-state index contributed by atoms with van der Waals surface area (Å²) in [4.78, 5) is 10.8. The molecule has 1 fully saturated rings. The van der Waals surface area contributed by atoms with E-state index in [0.29, 0.717) is 0 Å². The fraction of sp³-hybridized carbons (Fsp3) is 0.889. The number of carboxylic acids is 1. The van der Waals surface area contributed by atoms with E-state index in [1.807, 2.05) is 0 Å². The first-order valence-corrected chi connectivity index (χ1v) is 4.92. The number of aliphatic carboxylic acids is 1. The minimum absolute atomic E-state index is 0.340. The first-order chi connectivity index (χ1) is 7.34. The Morgan fingerprint density at radius 2 is 1.81 bits per heavy atom. The second kappa shape index (κ2) is 5.07. The molecule has 1 rings (SSSR count). The van der Waals surface area contributed by atoms with Crippen LogP contribution in [0.15, 0.2) is 0 Å². The van der Waals surface area contributed by atoms with Gasteiger partial charge in [-0.05, 0) is 13.8 Å². The Hall–Kier alpha value is -0.730. The third kappa shape index (κ3) is 2.69. The highest BCUT2D eigenvalue weighted by atomic mass is 16.7. The van der Waals surface area contributed by atoms with Crippen molar-refractivity contribution in [1.82, 2.24) is 0 Å². The fourth-order valence-corrected chi connectivity index (χ4v) is 1.52. The topological polar surface area (TPSA) is 116 Å². The van der Waals surface area contributed by atoms with Crippen LogP contribution in [0, 0.1) is 0 Å². The molecule has 16 heavy (non-hydrogen) atoms. The van der Waals surface area contributed by atoms with Crippen molar-refractivity contribution in [3.8, 4) is 0 Å². The van der Waals surface area contributed by atoms with Crippen LogP contribution in [-0.4, -0.2) is 63.2 Å². The normalized spacial score (nSPS) is 40.0. The van der Waals surface area contributed by atoms with Gasteiger partial charge in [0.1, 0.15) is 18.3 Å². The summed E-state index contributed by atoms with van der Waals surface area (Å²) in [5.74, 6) is -1.37. The molecule has 0 spiro atoms. The summed E-state index contributed by atoms with van der Waals surface area (Å²) in [6.45, 7) is 3.31. The maximum absolute atomic E-state index is 10.8. The molecule has 7 nitrogen and oxygen atoms in total. The Bertz CT molecular complexity index is 254. The molecule has 1 heterocycles. The van der Waals surface area contributed by atoms with Gasteiger partial charge in [0.05, 0.1) is 6.10 Å². The van der Waals surface area contributed by atoms with Gasteiger partial charge in [-0.25, -0.2) is 4.79 Å². The van der Waals surface area contributed by atoms with Crippen LogP contribution in [0.2, 0.25) is 0 Å². The largest absolute Gasteiger partial charge is 0.479 e. The highest BCUT2D eigenvalue weighted by molar-refractivity contribution is 5.73. The van der Waals surface area contributed by atoms with E-state index in [0.717, 1.165) is 0 Å². The number of hydrogen-bond acceptors (Lipinski definition) is 6. The molecule has 7 heteroatoms. The van der Waals surface area contributed by atoms with Crippen molar-refractivity contribution < 1.29 is 34.7 Å². The molecule has 0 aliphatic carbocycles. The van der Waals surface area contributed by atoms with Crippen molar-refractivity contribution >= 4 is 5.97 Å². The summed E-state index contributed by atoms with van der Waals surface area (Å²) in [7, 11) is 0. The quantitative estimate of drug-likeness (QED) is 0.461. The van der Waals surface area contributed by atoms with Gasteiger partial charge in [0.2, 0.25) is 0 Å². The molecule has 5 atom stereocenters. The van der Waals surface area contributed by atoms with Crippen molar-refractivity contribution in [2.24, 2.45) is 0 Å². The molecule has 3 unspecified atom stereocenters. The lowest BCUT2D eigenvalue weighted by molar-refractivity contribution is -0.291. The summed E-state index contributed by atoms with van der Waals surface area (Å²) in [6, 6.07) is 0. The van der Waals surface area contributed by atoms with E-state index in [2.05, 4.69) is 4.74 Å². The lowest BCUT2D eigenvalue weighted by atomic mass is 9.98. The zero-order valence-electron chi connectivity index (χ0n) is 8.98. The van der Waals surface area contributed by atoms with Gasteiger partial charge in [0, 0.05) is 0 Å². The summed E-state index contributed by atoms with van der Waals surface area (Å²) < 4.78 is 9.83. The van der Waals surface area contributed by atoms with Crippen molar-refractivity contribution in [2.45, 2.75) is 50.7 Å². The molecular weight excluding hydrogens is 220 g/mol. The monoisotopic (exact) mass is 236 g/mol. The Morgan fingerprint density at radius 1 is 1.25 bits per heavy atom. The van der Waals surface area contributed by atoms with Gasteiger partial charge < -0.3 is 29.9 Å². The predicted molar refractivity (Wildman–Crippen MR) is 50.5 cm³/mol. The predicted octanol–water partition coefficient (Wildman–Crippen LogP) is -1.70. The summed E-state index contributed by atoms with van der Waals surface area (Å²) in [5.41, 5.74) is 0. The fourth-order valence-electron chi connectivity index (χ4n) is 1.52. The first-order valence-electron chi connectivity index (χ1n) is 4.92. The average Bonchev–Trinajstić information content (AvgIpc) is 2.17. The Labute approximate surface area is 92.2 Å². The smallest absolute Gasteiger partial charge is 0.335 e. The number of ether oxygens (including phenoxy) is 2. The SMILES string of the molecule is CC(C)O[C@@H]1C(C(=O)O)OC(O)C(O)[C@H]1O. The number of aliphatic hydroxyl groups excluding tert-OH is 3. The molecule has 1 saturated heterocycles. The highest BCUT2D eigenvalue weighted by Crippen LogP contribution is 2.23. The second-order valence-corrected chi connectivity index (χ2v) is 3.92. The van der Waals surface area contributed by atoms with Crippen molar-refractivity contribution in [3.05, 3.63) is 0 Å². The van der Waals surface area contributed by atoms with E-state index in [9.17, 15) is 15.0 Å². The summed E-state index contributed by atoms with van der Waals surface area (Å²) >= 11 is 0. The molecule has 0 aromatic carbocycles. The van der Waals surface area contributed by atoms with Gasteiger partial charge >= 0.3 is 5.97 Å². The molecule has 94 valence electrons. The van der Waals surface area contributed by atoms with Gasteiger partial charge in [0.25, 0.3) is 0 Å². The molecule has 0 amide bonds. The third-order valence-corrected chi connectivity index (χ3v) is 2.24. The molecule has 0 bridgehead atoms. The lowest BCUT2D eigenvalue weighted by Gasteiger charge is -2.39. The van der Waals surface area contributed by atoms with Gasteiger partial charge in [-0.2, -0.15) is 0 Å². The molecule has 0 aromatic rings. The number of aliphatic hydroxyl groups is 3. The van der Waals surface area contributed by atoms with E-state index < -0.39 is 36.7 Å². The minimum Gasteiger partial charge on any atom is -0.479 e. The number of carbonyl (C=O) groups is 1. The van der Waals surface area contributed by atoms with Crippen molar-refractivity contribution in [3.63, 3.8) is 0 Å². The van der Waals surface area contributed by atoms with Gasteiger partial charge in [0.15, 0.2) is 12.4 Å². The van der Waals surface area contributed by atoms with Crippen LogP contribution >= 0.6 is 0 Å². The molecule has 0 radical (unpaired) electrons. The van der Waals surface area contributed by atoms with E-state index in [-0.39, 0.29) is 6.10 Å². The molecule has 1 aliphatic rings. The van der Waals surface area contributed by atoms with Gasteiger partial charge in [-0.1, -0.05) is 0 Å². The lowest BCUT2D eigenvalue weighted by Crippen LogP contribution is -2.61. The molecule has 4 N–H and O–H groups in total.